The minimum Gasteiger partial charge on any atom is -0.488 e. The van der Waals surface area contributed by atoms with E-state index in [1.54, 1.807) is 20.0 Å². The van der Waals surface area contributed by atoms with E-state index in [9.17, 15) is 23.1 Å². The van der Waals surface area contributed by atoms with Crippen molar-refractivity contribution >= 4 is 17.2 Å². The Morgan fingerprint density at radius 2 is 1.76 bits per heavy atom. The Kier molecular flexibility index (Phi) is 7.51. The van der Waals surface area contributed by atoms with Gasteiger partial charge in [-0.3, -0.25) is 4.79 Å². The van der Waals surface area contributed by atoms with Gasteiger partial charge in [-0.15, -0.1) is 11.3 Å². The molecule has 182 valence electrons. The topological polar surface area (TPSA) is 97.2 Å². The molecule has 0 saturated heterocycles. The van der Waals surface area contributed by atoms with E-state index in [0.717, 1.165) is 17.3 Å². The average molecular weight is 499 g/mol. The first kappa shape index (κ1) is 25.5. The molecule has 2 aromatic heterocycles. The molecule has 0 aliphatic heterocycles. The van der Waals surface area contributed by atoms with E-state index < -0.39 is 42.0 Å². The average Bonchev–Trinajstić information content (AvgIpc) is 3.20. The van der Waals surface area contributed by atoms with E-state index in [-0.39, 0.29) is 22.4 Å². The number of aliphatic hydroxyl groups excluding tert-OH is 1. The van der Waals surface area contributed by atoms with Gasteiger partial charge in [-0.2, -0.15) is 13.2 Å². The number of halogens is 4. The number of carbonyl (C=O) groups excluding carboxylic acids is 1. The van der Waals surface area contributed by atoms with Crippen molar-refractivity contribution in [3.63, 3.8) is 0 Å². The summed E-state index contributed by atoms with van der Waals surface area (Å²) in [5, 5.41) is 12.6. The Labute approximate surface area is 196 Å². The van der Waals surface area contributed by atoms with Gasteiger partial charge in [0.2, 0.25) is 5.82 Å². The van der Waals surface area contributed by atoms with E-state index in [4.69, 9.17) is 4.74 Å². The number of alkyl halides is 3. The molecular weight excluding hydrogens is 476 g/mol. The lowest BCUT2D eigenvalue weighted by Gasteiger charge is -2.20. The van der Waals surface area contributed by atoms with E-state index in [1.807, 2.05) is 0 Å². The number of carbonyl (C=O) groups is 1. The van der Waals surface area contributed by atoms with Gasteiger partial charge in [0.05, 0.1) is 23.3 Å². The van der Waals surface area contributed by atoms with E-state index >= 15 is 4.39 Å². The lowest BCUT2D eigenvalue weighted by molar-refractivity contribution is -0.145. The van der Waals surface area contributed by atoms with E-state index in [1.165, 1.54) is 37.3 Å². The molecule has 3 rings (SSSR count). The fraction of sp³-hybridized carbons (Fsp3) is 0.364. The predicted octanol–water partition coefficient (Wildman–Crippen LogP) is 4.71. The first-order valence-corrected chi connectivity index (χ1v) is 11.0. The molecule has 0 saturated carbocycles. The number of ether oxygens (including phenoxy) is 1. The smallest absolute Gasteiger partial charge is 0.451 e. The minimum atomic E-state index is -4.69. The summed E-state index contributed by atoms with van der Waals surface area (Å²) in [5.41, 5.74) is -0.102. The van der Waals surface area contributed by atoms with Gasteiger partial charge in [0.15, 0.2) is 0 Å². The molecule has 0 fully saturated rings. The molecule has 7 nitrogen and oxygen atoms in total. The number of nitrogens with one attached hydrogen (secondary N) is 1. The highest BCUT2D eigenvalue weighted by atomic mass is 32.1. The maximum absolute atomic E-state index is 15.4. The normalized spacial score (nSPS) is 14.4. The van der Waals surface area contributed by atoms with Crippen molar-refractivity contribution in [3.8, 4) is 16.3 Å². The number of hydrogen-bond donors (Lipinski definition) is 2. The third-order valence-corrected chi connectivity index (χ3v) is 5.86. The molecule has 2 heterocycles. The van der Waals surface area contributed by atoms with Crippen LogP contribution in [0.25, 0.3) is 10.6 Å². The van der Waals surface area contributed by atoms with Gasteiger partial charge in [-0.25, -0.2) is 19.3 Å². The summed E-state index contributed by atoms with van der Waals surface area (Å²) in [6, 6.07) is 1.78. The van der Waals surface area contributed by atoms with Crippen molar-refractivity contribution in [1.82, 2.24) is 20.3 Å². The minimum absolute atomic E-state index is 0.0454. The largest absolute Gasteiger partial charge is 0.488 e. The lowest BCUT2D eigenvalue weighted by Crippen LogP contribution is -2.29. The third kappa shape index (κ3) is 5.86. The Morgan fingerprint density at radius 1 is 1.12 bits per heavy atom. The molecule has 2 N–H and O–H groups in total. The van der Waals surface area contributed by atoms with Crippen molar-refractivity contribution in [2.24, 2.45) is 0 Å². The molecule has 34 heavy (non-hydrogen) atoms. The third-order valence-electron chi connectivity index (χ3n) is 4.92. The second-order valence-electron chi connectivity index (χ2n) is 7.70. The number of aliphatic hydroxyl groups is 1. The number of benzene rings is 1. The number of nitrogens with zero attached hydrogens (tertiary/aromatic N) is 3. The monoisotopic (exact) mass is 498 g/mol. The van der Waals surface area contributed by atoms with Crippen LogP contribution in [0.5, 0.6) is 5.75 Å². The van der Waals surface area contributed by atoms with Crippen LogP contribution < -0.4 is 10.1 Å². The van der Waals surface area contributed by atoms with Crippen LogP contribution in [0.1, 0.15) is 53.4 Å². The van der Waals surface area contributed by atoms with Crippen LogP contribution in [0, 0.1) is 12.7 Å². The van der Waals surface area contributed by atoms with Crippen molar-refractivity contribution in [1.29, 1.82) is 0 Å². The first-order chi connectivity index (χ1) is 15.9. The summed E-state index contributed by atoms with van der Waals surface area (Å²) in [5.74, 6) is -2.82. The van der Waals surface area contributed by atoms with Gasteiger partial charge < -0.3 is 15.2 Å². The molecule has 0 aliphatic rings. The molecule has 1 aromatic carbocycles. The highest BCUT2D eigenvalue weighted by molar-refractivity contribution is 7.14. The molecule has 0 unspecified atom stereocenters. The van der Waals surface area contributed by atoms with Crippen LogP contribution in [-0.4, -0.2) is 38.2 Å². The van der Waals surface area contributed by atoms with Crippen molar-refractivity contribution in [2.45, 2.75) is 52.1 Å². The van der Waals surface area contributed by atoms with Gasteiger partial charge in [-0.1, -0.05) is 0 Å². The molecule has 12 heteroatoms. The number of aryl methyl sites for hydroxylation is 1. The van der Waals surface area contributed by atoms with Crippen LogP contribution in [0.2, 0.25) is 0 Å². The SMILES string of the molecule is Cc1cnc(-c2cc(O[C@@H](C)[C@@H](C)O)cc(C(=O)N[C@H](C)c3cnc(C(F)(F)F)nc3)c2F)s1. The molecular formula is C22H22F4N4O3S. The Morgan fingerprint density at radius 3 is 2.29 bits per heavy atom. The number of hydrogen-bond acceptors (Lipinski definition) is 7. The summed E-state index contributed by atoms with van der Waals surface area (Å²) in [6.45, 7) is 6.45. The second kappa shape index (κ2) is 10.0. The molecule has 3 aromatic rings. The molecule has 0 radical (unpaired) electrons. The molecule has 0 aliphatic carbocycles. The quantitative estimate of drug-likeness (QED) is 0.458. The summed E-state index contributed by atoms with van der Waals surface area (Å²) in [6.07, 6.45) is -2.70. The summed E-state index contributed by atoms with van der Waals surface area (Å²) in [7, 11) is 0. The Hall–Kier alpha value is -3.12. The molecule has 1 amide bonds. The van der Waals surface area contributed by atoms with Gasteiger partial charge in [0.25, 0.3) is 5.91 Å². The zero-order valence-corrected chi connectivity index (χ0v) is 19.5. The van der Waals surface area contributed by atoms with Crippen LogP contribution in [0.3, 0.4) is 0 Å². The summed E-state index contributed by atoms with van der Waals surface area (Å²) < 4.78 is 59.1. The maximum atomic E-state index is 15.4. The van der Waals surface area contributed by atoms with Crippen LogP contribution in [-0.2, 0) is 6.18 Å². The Balaban J connectivity index is 1.92. The number of thiazole rings is 1. The number of amides is 1. The molecule has 3 atom stereocenters. The zero-order chi connectivity index (χ0) is 25.2. The zero-order valence-electron chi connectivity index (χ0n) is 18.6. The van der Waals surface area contributed by atoms with Crippen molar-refractivity contribution < 1.29 is 32.2 Å². The van der Waals surface area contributed by atoms with Crippen LogP contribution >= 0.6 is 11.3 Å². The molecule has 0 bridgehead atoms. The maximum Gasteiger partial charge on any atom is 0.451 e. The lowest BCUT2D eigenvalue weighted by atomic mass is 10.1. The fourth-order valence-corrected chi connectivity index (χ4v) is 3.62. The van der Waals surface area contributed by atoms with E-state index in [2.05, 4.69) is 20.3 Å². The van der Waals surface area contributed by atoms with Crippen LogP contribution in [0.4, 0.5) is 17.6 Å². The summed E-state index contributed by atoms with van der Waals surface area (Å²) >= 11 is 1.23. The Bertz CT molecular complexity index is 1170. The number of rotatable bonds is 7. The van der Waals surface area contributed by atoms with E-state index in [0.29, 0.717) is 5.01 Å². The molecule has 0 spiro atoms. The second-order valence-corrected chi connectivity index (χ2v) is 8.94. The fourth-order valence-electron chi connectivity index (χ4n) is 2.84. The van der Waals surface area contributed by atoms with Crippen molar-refractivity contribution in [3.05, 3.63) is 58.4 Å². The van der Waals surface area contributed by atoms with Crippen molar-refractivity contribution in [2.75, 3.05) is 0 Å². The van der Waals surface area contributed by atoms with Gasteiger partial charge >= 0.3 is 6.18 Å². The first-order valence-electron chi connectivity index (χ1n) is 10.2. The van der Waals surface area contributed by atoms with Crippen LogP contribution in [0.15, 0.2) is 30.7 Å². The summed E-state index contributed by atoms with van der Waals surface area (Å²) in [4.78, 5) is 24.5. The van der Waals surface area contributed by atoms with Gasteiger partial charge in [-0.05, 0) is 39.8 Å². The number of aromatic nitrogens is 3. The highest BCUT2D eigenvalue weighted by Crippen LogP contribution is 2.33. The standard InChI is InChI=1S/C22H22F4N4O3S/c1-10-7-27-20(34-10)17-6-15(33-13(4)12(3)31)5-16(18(17)23)19(32)30-11(2)14-8-28-21(29-9-14)22(24,25)26/h5-9,11-13,31H,1-4H3,(H,30,32)/t11-,12-,13+/m1/s1. The predicted molar refractivity (Wildman–Crippen MR) is 117 cm³/mol. The van der Waals surface area contributed by atoms with Gasteiger partial charge in [0, 0.05) is 29.0 Å². The van der Waals surface area contributed by atoms with Gasteiger partial charge in [0.1, 0.15) is 22.7 Å². The highest BCUT2D eigenvalue weighted by Gasteiger charge is 2.34.